The topological polar surface area (TPSA) is 70.4 Å². The average molecular weight is 429 g/mol. The summed E-state index contributed by atoms with van der Waals surface area (Å²) in [5.41, 5.74) is 0.707. The van der Waals surface area contributed by atoms with Crippen LogP contribution in [0.3, 0.4) is 0 Å². The fourth-order valence-electron chi connectivity index (χ4n) is 2.75. The Morgan fingerprint density at radius 2 is 1.90 bits per heavy atom. The van der Waals surface area contributed by atoms with Crippen molar-refractivity contribution in [2.45, 2.75) is 6.54 Å². The fourth-order valence-corrected chi connectivity index (χ4v) is 2.88. The predicted octanol–water partition coefficient (Wildman–Crippen LogP) is 4.21. The van der Waals surface area contributed by atoms with Crippen LogP contribution in [0, 0.1) is 5.82 Å². The van der Waals surface area contributed by atoms with Crippen LogP contribution in [-0.4, -0.2) is 30.0 Å². The molecule has 1 heterocycles. The molecule has 0 unspecified atom stereocenters. The quantitative estimate of drug-likeness (QED) is 0.550. The van der Waals surface area contributed by atoms with Gasteiger partial charge in [-0.15, -0.1) is 0 Å². The molecule has 0 saturated carbocycles. The van der Waals surface area contributed by atoms with Gasteiger partial charge < -0.3 is 9.47 Å². The van der Waals surface area contributed by atoms with Crippen molar-refractivity contribution in [3.05, 3.63) is 86.9 Å². The first kappa shape index (κ1) is 21.3. The minimum Gasteiger partial charge on any atom is -0.494 e. The highest BCUT2D eigenvalue weighted by Gasteiger charge is 2.17. The maximum Gasteiger partial charge on any atom is 0.343 e. The molecule has 154 valence electrons. The van der Waals surface area contributed by atoms with E-state index in [1.54, 1.807) is 30.4 Å². The maximum atomic E-state index is 14.1. The Bertz CT molecular complexity index is 1160. The van der Waals surface area contributed by atoms with Crippen molar-refractivity contribution >= 4 is 23.6 Å². The van der Waals surface area contributed by atoms with E-state index in [2.05, 4.69) is 5.10 Å². The van der Waals surface area contributed by atoms with E-state index in [-0.39, 0.29) is 23.6 Å². The van der Waals surface area contributed by atoms with Crippen LogP contribution in [0.1, 0.15) is 15.9 Å². The van der Waals surface area contributed by atoms with Crippen molar-refractivity contribution in [3.8, 4) is 17.0 Å². The molecule has 0 radical (unpaired) electrons. The Labute approximate surface area is 177 Å². The summed E-state index contributed by atoms with van der Waals surface area (Å²) < 4.78 is 24.9. The fraction of sp³-hybridized carbons (Fsp3) is 0.136. The van der Waals surface area contributed by atoms with Gasteiger partial charge in [-0.3, -0.25) is 4.79 Å². The molecule has 8 heteroatoms. The molecule has 0 amide bonds. The predicted molar refractivity (Wildman–Crippen MR) is 112 cm³/mol. The molecule has 30 heavy (non-hydrogen) atoms. The van der Waals surface area contributed by atoms with Gasteiger partial charge >= 0.3 is 5.97 Å². The first-order valence-corrected chi connectivity index (χ1v) is 9.27. The summed E-state index contributed by atoms with van der Waals surface area (Å²) in [5, 5.41) is 4.90. The van der Waals surface area contributed by atoms with Gasteiger partial charge in [0.15, 0.2) is 11.6 Å². The molecule has 0 spiro atoms. The summed E-state index contributed by atoms with van der Waals surface area (Å²) in [4.78, 5) is 24.7. The van der Waals surface area contributed by atoms with Crippen molar-refractivity contribution in [2.75, 3.05) is 14.2 Å². The first-order valence-electron chi connectivity index (χ1n) is 8.89. The molecule has 6 nitrogen and oxygen atoms in total. The molecule has 0 aliphatic carbocycles. The number of halogens is 2. The van der Waals surface area contributed by atoms with E-state index in [0.717, 1.165) is 10.2 Å². The first-order chi connectivity index (χ1) is 14.4. The standard InChI is InChI=1S/C22H18ClFN2O4/c1-29-20-10-7-15(12-18(20)24)19-13-17(22(28)30-2)21(27)26(25-19)11-3-4-14-5-8-16(23)9-6-14/h3-10,12-13H,11H2,1-2H3. The van der Waals surface area contributed by atoms with Gasteiger partial charge in [0, 0.05) is 10.6 Å². The van der Waals surface area contributed by atoms with E-state index in [0.29, 0.717) is 10.6 Å². The van der Waals surface area contributed by atoms with Gasteiger partial charge in [0.25, 0.3) is 5.56 Å². The van der Waals surface area contributed by atoms with Gasteiger partial charge in [0.2, 0.25) is 0 Å². The number of allylic oxidation sites excluding steroid dienone is 1. The molecule has 3 rings (SSSR count). The van der Waals surface area contributed by atoms with Crippen molar-refractivity contribution in [1.29, 1.82) is 0 Å². The van der Waals surface area contributed by atoms with E-state index in [9.17, 15) is 14.0 Å². The largest absolute Gasteiger partial charge is 0.494 e. The highest BCUT2D eigenvalue weighted by Crippen LogP contribution is 2.24. The molecule has 3 aromatic rings. The van der Waals surface area contributed by atoms with Gasteiger partial charge in [-0.2, -0.15) is 5.10 Å². The van der Waals surface area contributed by atoms with E-state index in [1.807, 2.05) is 12.1 Å². The molecular formula is C22H18ClFN2O4. The van der Waals surface area contributed by atoms with Crippen LogP contribution in [0.25, 0.3) is 17.3 Å². The minimum absolute atomic E-state index is 0.0751. The highest BCUT2D eigenvalue weighted by molar-refractivity contribution is 6.30. The summed E-state index contributed by atoms with van der Waals surface area (Å²) in [6, 6.07) is 12.7. The zero-order valence-electron chi connectivity index (χ0n) is 16.3. The van der Waals surface area contributed by atoms with Crippen LogP contribution in [0.2, 0.25) is 5.02 Å². The van der Waals surface area contributed by atoms with Crippen LogP contribution in [-0.2, 0) is 11.3 Å². The molecule has 0 aliphatic heterocycles. The minimum atomic E-state index is -0.798. The molecule has 0 atom stereocenters. The van der Waals surface area contributed by atoms with Gasteiger partial charge in [0.1, 0.15) is 5.56 Å². The van der Waals surface area contributed by atoms with Crippen molar-refractivity contribution in [1.82, 2.24) is 9.78 Å². The Kier molecular flexibility index (Phi) is 6.64. The molecule has 2 aromatic carbocycles. The summed E-state index contributed by atoms with van der Waals surface area (Å²) >= 11 is 5.87. The monoisotopic (exact) mass is 428 g/mol. The lowest BCUT2D eigenvalue weighted by atomic mass is 10.1. The summed E-state index contributed by atoms with van der Waals surface area (Å²) in [5.74, 6) is -1.31. The molecule has 0 N–H and O–H groups in total. The van der Waals surface area contributed by atoms with E-state index >= 15 is 0 Å². The second-order valence-electron chi connectivity index (χ2n) is 6.23. The van der Waals surface area contributed by atoms with Gasteiger partial charge in [-0.1, -0.05) is 35.9 Å². The molecule has 0 fully saturated rings. The normalized spacial score (nSPS) is 10.9. The summed E-state index contributed by atoms with van der Waals surface area (Å²) in [7, 11) is 2.54. The number of carbonyl (C=O) groups excluding carboxylic acids is 1. The molecule has 1 aromatic heterocycles. The number of benzene rings is 2. The number of aromatic nitrogens is 2. The Hall–Kier alpha value is -3.45. The number of esters is 1. The third-order valence-corrected chi connectivity index (χ3v) is 4.54. The van der Waals surface area contributed by atoms with Crippen molar-refractivity contribution in [2.24, 2.45) is 0 Å². The van der Waals surface area contributed by atoms with Crippen molar-refractivity contribution in [3.63, 3.8) is 0 Å². The van der Waals surface area contributed by atoms with Crippen molar-refractivity contribution < 1.29 is 18.7 Å². The number of carbonyl (C=O) groups is 1. The number of ether oxygens (including phenoxy) is 2. The Morgan fingerprint density at radius 3 is 2.53 bits per heavy atom. The maximum absolute atomic E-state index is 14.1. The van der Waals surface area contributed by atoms with Gasteiger partial charge in [-0.05, 0) is 42.0 Å². The number of hydrogen-bond acceptors (Lipinski definition) is 5. The Balaban J connectivity index is 2.00. The van der Waals surface area contributed by atoms with Crippen LogP contribution in [0.5, 0.6) is 5.75 Å². The second kappa shape index (κ2) is 9.37. The van der Waals surface area contributed by atoms with E-state index in [4.69, 9.17) is 21.1 Å². The zero-order chi connectivity index (χ0) is 21.7. The van der Waals surface area contributed by atoms with E-state index < -0.39 is 17.3 Å². The number of hydrogen-bond donors (Lipinski definition) is 0. The SMILES string of the molecule is COC(=O)c1cc(-c2ccc(OC)c(F)c2)nn(CC=Cc2ccc(Cl)cc2)c1=O. The summed E-state index contributed by atoms with van der Waals surface area (Å²) in [6.45, 7) is 0.0952. The average Bonchev–Trinajstić information content (AvgIpc) is 2.75. The lowest BCUT2D eigenvalue weighted by Gasteiger charge is -2.10. The third kappa shape index (κ3) is 4.75. The molecule has 0 bridgehead atoms. The molecule has 0 saturated heterocycles. The van der Waals surface area contributed by atoms with Crippen LogP contribution < -0.4 is 10.3 Å². The van der Waals surface area contributed by atoms with E-state index in [1.165, 1.54) is 32.4 Å². The van der Waals surface area contributed by atoms with Crippen LogP contribution in [0.15, 0.2) is 59.4 Å². The smallest absolute Gasteiger partial charge is 0.343 e. The highest BCUT2D eigenvalue weighted by atomic mass is 35.5. The van der Waals surface area contributed by atoms with Crippen LogP contribution in [0.4, 0.5) is 4.39 Å². The number of methoxy groups -OCH3 is 2. The van der Waals surface area contributed by atoms with Gasteiger partial charge in [0.05, 0.1) is 26.5 Å². The lowest BCUT2D eigenvalue weighted by molar-refractivity contribution is 0.0597. The Morgan fingerprint density at radius 1 is 1.17 bits per heavy atom. The van der Waals surface area contributed by atoms with Gasteiger partial charge in [-0.25, -0.2) is 13.9 Å². The number of rotatable bonds is 6. The second-order valence-corrected chi connectivity index (χ2v) is 6.66. The molecule has 0 aliphatic rings. The number of nitrogens with zero attached hydrogens (tertiary/aromatic N) is 2. The lowest BCUT2D eigenvalue weighted by Crippen LogP contribution is -2.29. The molecular weight excluding hydrogens is 411 g/mol. The van der Waals surface area contributed by atoms with Crippen LogP contribution >= 0.6 is 11.6 Å². The third-order valence-electron chi connectivity index (χ3n) is 4.29. The summed E-state index contributed by atoms with van der Waals surface area (Å²) in [6.07, 6.45) is 3.51. The zero-order valence-corrected chi connectivity index (χ0v) is 17.0.